The van der Waals surface area contributed by atoms with Gasteiger partial charge in [-0.05, 0) is 227 Å². The number of hydrogen-bond acceptors (Lipinski definition) is 19. The molecule has 5 aromatic rings. The fourth-order valence-corrected chi connectivity index (χ4v) is 9.49. The molecule has 7 rings (SSSR count). The summed E-state index contributed by atoms with van der Waals surface area (Å²) in [6.07, 6.45) is 3.05. The van der Waals surface area contributed by atoms with Crippen LogP contribution in [-0.4, -0.2) is 127 Å². The van der Waals surface area contributed by atoms with Gasteiger partial charge in [0.25, 0.3) is 0 Å². The molecule has 0 heterocycles. The van der Waals surface area contributed by atoms with Crippen LogP contribution in [-0.2, 0) is 51.1 Å². The van der Waals surface area contributed by atoms with E-state index >= 15 is 0 Å². The average Bonchev–Trinajstić information content (AvgIpc) is 0.886. The highest BCUT2D eigenvalue weighted by molar-refractivity contribution is 5.89. The van der Waals surface area contributed by atoms with Gasteiger partial charge in [-0.25, -0.2) is 38.4 Å². The normalized spacial score (nSPS) is 15.5. The molecule has 109 heavy (non-hydrogen) atoms. The molecule has 2 fully saturated rings. The van der Waals surface area contributed by atoms with Crippen LogP contribution < -0.4 is 33.2 Å². The first-order chi connectivity index (χ1) is 50.4. The van der Waals surface area contributed by atoms with E-state index in [4.69, 9.17) is 65.9 Å². The zero-order valence-electron chi connectivity index (χ0n) is 66.2. The van der Waals surface area contributed by atoms with Crippen molar-refractivity contribution in [2.45, 2.75) is 222 Å². The summed E-state index contributed by atoms with van der Waals surface area (Å²) >= 11 is 0. The van der Waals surface area contributed by atoms with E-state index in [2.05, 4.69) is 45.5 Å². The van der Waals surface area contributed by atoms with E-state index in [0.29, 0.717) is 49.6 Å². The number of nitrogens with two attached hydrogens (primary N) is 2. The lowest BCUT2D eigenvalue weighted by Gasteiger charge is -2.27. The zero-order chi connectivity index (χ0) is 83.5. The molecule has 2 aliphatic carbocycles. The Morgan fingerprint density at radius 1 is 0.468 bits per heavy atom. The molecule has 5 aromatic carbocycles. The van der Waals surface area contributed by atoms with Crippen LogP contribution in [0, 0.1) is 35.0 Å². The summed E-state index contributed by atoms with van der Waals surface area (Å²) in [5.74, 6) is -4.40. The first-order valence-corrected chi connectivity index (χ1v) is 35.7. The van der Waals surface area contributed by atoms with Crippen molar-refractivity contribution in [2.24, 2.45) is 35.1 Å². The molecular weight excluding hydrogens is 1410 g/mol. The fourth-order valence-electron chi connectivity index (χ4n) is 9.49. The minimum atomic E-state index is -1.06. The number of ether oxygens (including phenoxy) is 6. The maximum Gasteiger partial charge on any atom is 0.519 e. The SMILES string of the molecule is CC(C)(C)OC(=O)NCC1CCCC(C(=O)O)C1.CC(C)(C)OC(=O)NC[C@H]1CCC[C@@H](C(=O)O)C1.CC(C)(C)OC(=O)NCc1cccc(C(=O)O)c1.CC(C)(C)OC(=O)OC(=O)OC(C)(C)C.C[C@H](N)c1ccccc1.C[C@H]([NH3+])c1ccccc1.N#Cc1cccc(C(=O)O)c1.NCc1cccc(C(=O)O)c1. The molecule has 0 aliphatic heterocycles. The van der Waals surface area contributed by atoms with Gasteiger partial charge >= 0.3 is 60.4 Å². The third kappa shape index (κ3) is 51.3. The molecule has 0 radical (unpaired) electrons. The van der Waals surface area contributed by atoms with Crippen molar-refractivity contribution in [3.63, 3.8) is 0 Å². The fraction of sp³-hybridized carbons (Fsp3) is 0.494. The smallest absolute Gasteiger partial charge is 0.481 e. The molecule has 0 saturated heterocycles. The Balaban J connectivity index is 0.00000124. The van der Waals surface area contributed by atoms with E-state index in [9.17, 15) is 47.9 Å². The molecule has 0 bridgehead atoms. The highest BCUT2D eigenvalue weighted by Gasteiger charge is 2.30. The van der Waals surface area contributed by atoms with Crippen molar-refractivity contribution in [3.8, 4) is 6.07 Å². The van der Waals surface area contributed by atoms with Crippen molar-refractivity contribution in [3.05, 3.63) is 178 Å². The Morgan fingerprint density at radius 2 is 0.807 bits per heavy atom. The number of carbonyl (C=O) groups is 10. The number of quaternary nitrogens is 1. The van der Waals surface area contributed by atoms with E-state index in [1.165, 1.54) is 35.4 Å². The average molecular weight is 1530 g/mol. The summed E-state index contributed by atoms with van der Waals surface area (Å²) < 4.78 is 29.1. The lowest BCUT2D eigenvalue weighted by atomic mass is 9.81. The van der Waals surface area contributed by atoms with E-state index in [1.807, 2.05) is 103 Å². The van der Waals surface area contributed by atoms with Gasteiger partial charge in [-0.2, -0.15) is 5.26 Å². The Bertz CT molecular complexity index is 3530. The second-order valence-corrected chi connectivity index (χ2v) is 30.5. The quantitative estimate of drug-likeness (QED) is 0.0279. The molecule has 28 nitrogen and oxygen atoms in total. The number of carboxylic acid groups (broad SMARTS) is 5. The third-order valence-corrected chi connectivity index (χ3v) is 14.4. The van der Waals surface area contributed by atoms with E-state index in [1.54, 1.807) is 111 Å². The molecule has 3 amide bonds. The van der Waals surface area contributed by atoms with Gasteiger partial charge in [0.15, 0.2) is 0 Å². The van der Waals surface area contributed by atoms with Crippen molar-refractivity contribution >= 4 is 60.4 Å². The standard InChI is InChI=1S/2C13H23NO4.C13H17NO4.C10H18O5.C8H9NO2.C8H5NO2.2C8H11N/c3*1-13(2,3)18-12(17)14-8-9-5-4-6-10(7-9)11(15)16;1-9(2,3)14-7(11)13-8(12)15-10(4,5)6;2*9-5-6-2-1-3-7(4-6)8(10)11;2*1-7(9)8-5-3-2-4-6-8/h2*9-10H,4-8H2,1-3H3,(H,14,17)(H,15,16);4-7H,8H2,1-3H3,(H,14,17)(H,15,16);1-6H3;1-4H,5,9H2,(H,10,11);1-4H,(H,10,11);2*2-7H,9H2,1H3/p+1/t9-,10+;;;;;;2*7-/m0.....00/s1. The highest BCUT2D eigenvalue weighted by Crippen LogP contribution is 2.30. The first kappa shape index (κ1) is 98.4. The van der Waals surface area contributed by atoms with Crippen molar-refractivity contribution < 1.29 is 108 Å². The lowest BCUT2D eigenvalue weighted by Crippen LogP contribution is -2.51. The van der Waals surface area contributed by atoms with Gasteiger partial charge in [0.05, 0.1) is 40.2 Å². The van der Waals surface area contributed by atoms with E-state index in [0.717, 1.165) is 44.1 Å². The van der Waals surface area contributed by atoms with Gasteiger partial charge in [-0.1, -0.05) is 104 Å². The zero-order valence-corrected chi connectivity index (χ0v) is 66.2. The summed E-state index contributed by atoms with van der Waals surface area (Å²) in [4.78, 5) is 110. The number of carbonyl (C=O) groups excluding carboxylic acids is 5. The number of aliphatic carboxylic acids is 2. The number of carboxylic acids is 5. The summed E-state index contributed by atoms with van der Waals surface area (Å²) in [7, 11) is 0. The summed E-state index contributed by atoms with van der Waals surface area (Å²) in [5.41, 5.74) is 16.9. The van der Waals surface area contributed by atoms with E-state index < -0.39 is 88.4 Å². The molecule has 15 N–H and O–H groups in total. The predicted octanol–water partition coefficient (Wildman–Crippen LogP) is 14.9. The molecule has 2 aliphatic rings. The molecule has 28 heteroatoms. The first-order valence-electron chi connectivity index (χ1n) is 35.7. The van der Waals surface area contributed by atoms with Crippen LogP contribution >= 0.6 is 0 Å². The monoisotopic (exact) mass is 1520 g/mol. The lowest BCUT2D eigenvalue weighted by molar-refractivity contribution is -0.420. The second-order valence-electron chi connectivity index (χ2n) is 30.5. The molecule has 0 aromatic heterocycles. The number of aromatic carboxylic acids is 3. The minimum absolute atomic E-state index is 0.143. The number of rotatable bonds is 14. The number of benzene rings is 5. The largest absolute Gasteiger partial charge is 0.519 e. The summed E-state index contributed by atoms with van der Waals surface area (Å²) in [6.45, 7) is 31.9. The molecule has 0 spiro atoms. The maximum atomic E-state index is 11.5. The molecular formula is C81H118N7O21+. The Kier molecular flexibility index (Phi) is 44.5. The van der Waals surface area contributed by atoms with Crippen molar-refractivity contribution in [1.29, 1.82) is 5.26 Å². The third-order valence-electron chi connectivity index (χ3n) is 14.4. The Hall–Kier alpha value is -10.6. The Morgan fingerprint density at radius 3 is 1.12 bits per heavy atom. The van der Waals surface area contributed by atoms with Gasteiger partial charge in [0.2, 0.25) is 0 Å². The van der Waals surface area contributed by atoms with Crippen LogP contribution in [0.5, 0.6) is 0 Å². The highest BCUT2D eigenvalue weighted by atomic mass is 16.8. The number of alkyl carbamates (subject to hydrolysis) is 3. The predicted molar refractivity (Wildman–Crippen MR) is 411 cm³/mol. The van der Waals surface area contributed by atoms with Crippen LogP contribution in [0.2, 0.25) is 0 Å². The Labute approximate surface area is 641 Å². The summed E-state index contributed by atoms with van der Waals surface area (Å²) in [5, 5.41) is 60.2. The molecule has 2 saturated carbocycles. The van der Waals surface area contributed by atoms with E-state index in [-0.39, 0.29) is 52.9 Å². The van der Waals surface area contributed by atoms with Crippen LogP contribution in [0.3, 0.4) is 0 Å². The number of nitriles is 1. The number of amides is 3. The number of nitrogens with one attached hydrogen (secondary N) is 3. The van der Waals surface area contributed by atoms with Crippen molar-refractivity contribution in [2.75, 3.05) is 13.1 Å². The van der Waals surface area contributed by atoms with Gasteiger partial charge in [0.1, 0.15) is 34.0 Å². The van der Waals surface area contributed by atoms with Crippen LogP contribution in [0.15, 0.2) is 133 Å². The second kappa shape index (κ2) is 49.3. The number of hydrogen-bond donors (Lipinski definition) is 11. The van der Waals surface area contributed by atoms with Gasteiger partial charge < -0.3 is 87.1 Å². The number of nitrogens with zero attached hydrogens (tertiary/aromatic N) is 1. The maximum absolute atomic E-state index is 11.5. The van der Waals surface area contributed by atoms with Crippen LogP contribution in [0.1, 0.15) is 240 Å². The molecule has 602 valence electrons. The summed E-state index contributed by atoms with van der Waals surface area (Å²) in [6, 6.07) is 41.6. The van der Waals surface area contributed by atoms with Gasteiger partial charge in [-0.3, -0.25) is 9.59 Å². The van der Waals surface area contributed by atoms with Crippen LogP contribution in [0.25, 0.3) is 0 Å². The minimum Gasteiger partial charge on any atom is -0.481 e. The van der Waals surface area contributed by atoms with Crippen molar-refractivity contribution in [1.82, 2.24) is 16.0 Å². The topological polar surface area (TPSA) is 467 Å². The van der Waals surface area contributed by atoms with Gasteiger partial charge in [-0.15, -0.1) is 0 Å². The van der Waals surface area contributed by atoms with Crippen LogP contribution in [0.4, 0.5) is 24.0 Å². The molecule has 2 unspecified atom stereocenters. The molecule has 6 atom stereocenters. The van der Waals surface area contributed by atoms with Gasteiger partial charge in [0, 0.05) is 37.8 Å².